The molecule has 2 rings (SSSR count). The SMILES string of the molecule is CCCSc1cc(Oc2ccccc2C(=O)O)ccc1C. The van der Waals surface area contributed by atoms with Crippen molar-refractivity contribution in [3.63, 3.8) is 0 Å². The van der Waals surface area contributed by atoms with E-state index in [-0.39, 0.29) is 5.56 Å². The van der Waals surface area contributed by atoms with Gasteiger partial charge >= 0.3 is 5.97 Å². The zero-order valence-electron chi connectivity index (χ0n) is 12.1. The van der Waals surface area contributed by atoms with E-state index in [9.17, 15) is 9.90 Å². The molecule has 1 N–H and O–H groups in total. The molecule has 0 aliphatic rings. The number of carbonyl (C=O) groups is 1. The predicted octanol–water partition coefficient (Wildman–Crippen LogP) is 4.99. The zero-order valence-corrected chi connectivity index (χ0v) is 12.9. The van der Waals surface area contributed by atoms with Crippen LogP contribution in [-0.4, -0.2) is 16.8 Å². The number of thioether (sulfide) groups is 1. The van der Waals surface area contributed by atoms with Crippen LogP contribution in [0.25, 0.3) is 0 Å². The number of rotatable bonds is 6. The van der Waals surface area contributed by atoms with Crippen molar-refractivity contribution in [2.45, 2.75) is 25.2 Å². The largest absolute Gasteiger partial charge is 0.478 e. The average molecular weight is 302 g/mol. The minimum atomic E-state index is -0.988. The molecule has 21 heavy (non-hydrogen) atoms. The van der Waals surface area contributed by atoms with Gasteiger partial charge in [-0.15, -0.1) is 11.8 Å². The fraction of sp³-hybridized carbons (Fsp3) is 0.235. The minimum Gasteiger partial charge on any atom is -0.478 e. The Kier molecular flexibility index (Phi) is 5.28. The Morgan fingerprint density at radius 1 is 1.24 bits per heavy atom. The van der Waals surface area contributed by atoms with Gasteiger partial charge < -0.3 is 9.84 Å². The summed E-state index contributed by atoms with van der Waals surface area (Å²) in [6, 6.07) is 12.5. The molecule has 0 saturated carbocycles. The van der Waals surface area contributed by atoms with Crippen molar-refractivity contribution >= 4 is 17.7 Å². The molecule has 0 fully saturated rings. The lowest BCUT2D eigenvalue weighted by Crippen LogP contribution is -1.99. The van der Waals surface area contributed by atoms with Gasteiger partial charge in [0, 0.05) is 4.90 Å². The van der Waals surface area contributed by atoms with Gasteiger partial charge in [0.25, 0.3) is 0 Å². The Labute approximate surface area is 129 Å². The highest BCUT2D eigenvalue weighted by molar-refractivity contribution is 7.99. The molecule has 0 aromatic heterocycles. The Bertz CT molecular complexity index is 638. The molecule has 4 heteroatoms. The van der Waals surface area contributed by atoms with Gasteiger partial charge in [-0.2, -0.15) is 0 Å². The molecule has 0 saturated heterocycles. The third kappa shape index (κ3) is 4.02. The van der Waals surface area contributed by atoms with E-state index in [2.05, 4.69) is 13.8 Å². The second-order valence-electron chi connectivity index (χ2n) is 4.68. The quantitative estimate of drug-likeness (QED) is 0.764. The summed E-state index contributed by atoms with van der Waals surface area (Å²) in [5.74, 6) is 1.09. The Morgan fingerprint density at radius 2 is 2.00 bits per heavy atom. The molecular weight excluding hydrogens is 284 g/mol. The van der Waals surface area contributed by atoms with Crippen LogP contribution in [0.2, 0.25) is 0 Å². The molecule has 0 amide bonds. The lowest BCUT2D eigenvalue weighted by atomic mass is 10.2. The van der Waals surface area contributed by atoms with Gasteiger partial charge in [0.05, 0.1) is 0 Å². The van der Waals surface area contributed by atoms with Gasteiger partial charge in [-0.05, 0) is 48.9 Å². The van der Waals surface area contributed by atoms with Crippen molar-refractivity contribution in [2.24, 2.45) is 0 Å². The summed E-state index contributed by atoms with van der Waals surface area (Å²) >= 11 is 1.79. The monoisotopic (exact) mass is 302 g/mol. The maximum Gasteiger partial charge on any atom is 0.339 e. The molecule has 0 spiro atoms. The van der Waals surface area contributed by atoms with Crippen LogP contribution in [0, 0.1) is 6.92 Å². The molecule has 0 unspecified atom stereocenters. The van der Waals surface area contributed by atoms with Crippen LogP contribution in [0.4, 0.5) is 0 Å². The molecule has 3 nitrogen and oxygen atoms in total. The topological polar surface area (TPSA) is 46.5 Å². The molecular formula is C17H18O3S. The van der Waals surface area contributed by atoms with Gasteiger partial charge in [-0.25, -0.2) is 4.79 Å². The van der Waals surface area contributed by atoms with Crippen LogP contribution >= 0.6 is 11.8 Å². The summed E-state index contributed by atoms with van der Waals surface area (Å²) in [6.07, 6.45) is 1.11. The van der Waals surface area contributed by atoms with E-state index >= 15 is 0 Å². The molecule has 0 radical (unpaired) electrons. The standard InChI is InChI=1S/C17H18O3S/c1-3-10-21-16-11-13(9-8-12(16)2)20-15-7-5-4-6-14(15)17(18)19/h4-9,11H,3,10H2,1-2H3,(H,18,19). The van der Waals surface area contributed by atoms with Crippen LogP contribution in [0.5, 0.6) is 11.5 Å². The number of aryl methyl sites for hydroxylation is 1. The maximum absolute atomic E-state index is 11.2. The fourth-order valence-corrected chi connectivity index (χ4v) is 2.79. The third-order valence-electron chi connectivity index (χ3n) is 2.97. The van der Waals surface area contributed by atoms with E-state index in [1.807, 2.05) is 18.2 Å². The van der Waals surface area contributed by atoms with E-state index in [1.54, 1.807) is 36.0 Å². The van der Waals surface area contributed by atoms with Crippen molar-refractivity contribution in [1.82, 2.24) is 0 Å². The molecule has 110 valence electrons. The van der Waals surface area contributed by atoms with Crippen LogP contribution in [0.15, 0.2) is 47.4 Å². The third-order valence-corrected chi connectivity index (χ3v) is 4.33. The smallest absolute Gasteiger partial charge is 0.339 e. The van der Waals surface area contributed by atoms with Crippen LogP contribution in [0.3, 0.4) is 0 Å². The van der Waals surface area contributed by atoms with Crippen molar-refractivity contribution in [3.8, 4) is 11.5 Å². The number of carboxylic acid groups (broad SMARTS) is 1. The first-order valence-corrected chi connectivity index (χ1v) is 7.84. The van der Waals surface area contributed by atoms with E-state index in [1.165, 1.54) is 10.5 Å². The zero-order chi connectivity index (χ0) is 15.2. The average Bonchev–Trinajstić information content (AvgIpc) is 2.48. The molecule has 0 aliphatic carbocycles. The first-order valence-electron chi connectivity index (χ1n) is 6.85. The minimum absolute atomic E-state index is 0.167. The molecule has 2 aromatic rings. The number of ether oxygens (including phenoxy) is 1. The number of para-hydroxylation sites is 1. The van der Waals surface area contributed by atoms with Gasteiger partial charge in [-0.1, -0.05) is 25.1 Å². The van der Waals surface area contributed by atoms with Crippen molar-refractivity contribution in [1.29, 1.82) is 0 Å². The van der Waals surface area contributed by atoms with E-state index in [0.717, 1.165) is 12.2 Å². The van der Waals surface area contributed by atoms with E-state index < -0.39 is 5.97 Å². The van der Waals surface area contributed by atoms with Gasteiger partial charge in [0.1, 0.15) is 17.1 Å². The molecule has 0 atom stereocenters. The Hall–Kier alpha value is -1.94. The molecule has 2 aromatic carbocycles. The number of hydrogen-bond acceptors (Lipinski definition) is 3. The molecule has 0 heterocycles. The van der Waals surface area contributed by atoms with Crippen molar-refractivity contribution in [3.05, 3.63) is 53.6 Å². The number of hydrogen-bond donors (Lipinski definition) is 1. The lowest BCUT2D eigenvalue weighted by Gasteiger charge is -2.11. The highest BCUT2D eigenvalue weighted by atomic mass is 32.2. The normalized spacial score (nSPS) is 10.4. The number of carboxylic acids is 1. The van der Waals surface area contributed by atoms with Crippen LogP contribution in [0.1, 0.15) is 29.3 Å². The van der Waals surface area contributed by atoms with E-state index in [0.29, 0.717) is 11.5 Å². The summed E-state index contributed by atoms with van der Waals surface area (Å²) in [5.41, 5.74) is 1.37. The summed E-state index contributed by atoms with van der Waals surface area (Å²) in [7, 11) is 0. The lowest BCUT2D eigenvalue weighted by molar-refractivity contribution is 0.0694. The number of benzene rings is 2. The first kappa shape index (κ1) is 15.4. The Balaban J connectivity index is 2.26. The second-order valence-corrected chi connectivity index (χ2v) is 5.82. The van der Waals surface area contributed by atoms with Crippen LogP contribution < -0.4 is 4.74 Å². The summed E-state index contributed by atoms with van der Waals surface area (Å²) in [5, 5.41) is 9.17. The van der Waals surface area contributed by atoms with E-state index in [4.69, 9.17) is 4.74 Å². The van der Waals surface area contributed by atoms with Crippen LogP contribution in [-0.2, 0) is 0 Å². The van der Waals surface area contributed by atoms with Gasteiger partial charge in [-0.3, -0.25) is 0 Å². The summed E-state index contributed by atoms with van der Waals surface area (Å²) in [6.45, 7) is 4.21. The highest BCUT2D eigenvalue weighted by Gasteiger charge is 2.11. The molecule has 0 bridgehead atoms. The second kappa shape index (κ2) is 7.18. The van der Waals surface area contributed by atoms with Crippen molar-refractivity contribution < 1.29 is 14.6 Å². The fourth-order valence-electron chi connectivity index (χ4n) is 1.87. The molecule has 0 aliphatic heterocycles. The number of aromatic carboxylic acids is 1. The maximum atomic E-state index is 11.2. The Morgan fingerprint density at radius 3 is 2.71 bits per heavy atom. The summed E-state index contributed by atoms with van der Waals surface area (Å²) in [4.78, 5) is 12.4. The highest BCUT2D eigenvalue weighted by Crippen LogP contribution is 2.31. The predicted molar refractivity (Wildman–Crippen MR) is 85.7 cm³/mol. The van der Waals surface area contributed by atoms with Gasteiger partial charge in [0.15, 0.2) is 0 Å². The van der Waals surface area contributed by atoms with Crippen molar-refractivity contribution in [2.75, 3.05) is 5.75 Å². The van der Waals surface area contributed by atoms with Gasteiger partial charge in [0.2, 0.25) is 0 Å². The summed E-state index contributed by atoms with van der Waals surface area (Å²) < 4.78 is 5.75. The first-order chi connectivity index (χ1) is 10.1.